The summed E-state index contributed by atoms with van der Waals surface area (Å²) in [5, 5.41) is 6.07. The van der Waals surface area contributed by atoms with Crippen LogP contribution >= 0.6 is 0 Å². The van der Waals surface area contributed by atoms with Crippen molar-refractivity contribution in [2.75, 3.05) is 19.6 Å². The monoisotopic (exact) mass is 465 g/mol. The van der Waals surface area contributed by atoms with Crippen LogP contribution in [-0.2, 0) is 16.1 Å². The zero-order valence-corrected chi connectivity index (χ0v) is 20.5. The highest BCUT2D eigenvalue weighted by Crippen LogP contribution is 2.60. The van der Waals surface area contributed by atoms with Crippen molar-refractivity contribution < 1.29 is 14.4 Å². The van der Waals surface area contributed by atoms with E-state index in [1.807, 2.05) is 17.0 Å². The Hall–Kier alpha value is -2.37. The first-order chi connectivity index (χ1) is 16.4. The smallest absolute Gasteiger partial charge is 0.251 e. The van der Waals surface area contributed by atoms with Gasteiger partial charge in [-0.2, -0.15) is 0 Å². The van der Waals surface area contributed by atoms with E-state index in [2.05, 4.69) is 17.6 Å². The molecule has 6 nitrogen and oxygen atoms in total. The van der Waals surface area contributed by atoms with Gasteiger partial charge in [-0.15, -0.1) is 0 Å². The van der Waals surface area contributed by atoms with Gasteiger partial charge in [-0.05, 0) is 92.7 Å². The normalized spacial score (nSPS) is 31.9. The van der Waals surface area contributed by atoms with Crippen LogP contribution in [-0.4, -0.2) is 42.3 Å². The zero-order chi connectivity index (χ0) is 23.7. The molecule has 1 aromatic carbocycles. The first-order valence-electron chi connectivity index (χ1n) is 13.3. The van der Waals surface area contributed by atoms with Gasteiger partial charge in [0.15, 0.2) is 0 Å². The highest BCUT2D eigenvalue weighted by Gasteiger charge is 2.54. The Morgan fingerprint density at radius 3 is 2.24 bits per heavy atom. The predicted molar refractivity (Wildman–Crippen MR) is 131 cm³/mol. The number of benzene rings is 1. The summed E-state index contributed by atoms with van der Waals surface area (Å²) in [6.07, 6.45) is 9.81. The molecule has 5 aliphatic rings. The van der Waals surface area contributed by atoms with Crippen LogP contribution in [0.2, 0.25) is 0 Å². The molecule has 1 saturated heterocycles. The quantitative estimate of drug-likeness (QED) is 0.641. The molecular formula is C28H39N3O3. The van der Waals surface area contributed by atoms with Gasteiger partial charge in [0.25, 0.3) is 5.91 Å². The lowest BCUT2D eigenvalue weighted by atomic mass is 9.49. The summed E-state index contributed by atoms with van der Waals surface area (Å²) in [6.45, 7) is 4.70. The molecule has 1 aliphatic heterocycles. The summed E-state index contributed by atoms with van der Waals surface area (Å²) in [7, 11) is 0. The molecule has 1 aromatic rings. The van der Waals surface area contributed by atoms with E-state index in [0.717, 1.165) is 62.1 Å². The van der Waals surface area contributed by atoms with E-state index in [1.54, 1.807) is 12.1 Å². The Kier molecular flexibility index (Phi) is 6.67. The average Bonchev–Trinajstić information content (AvgIpc) is 2.82. The lowest BCUT2D eigenvalue weighted by Gasteiger charge is -2.55. The van der Waals surface area contributed by atoms with Crippen molar-refractivity contribution in [3.05, 3.63) is 35.4 Å². The number of nitrogens with one attached hydrogen (secondary N) is 2. The van der Waals surface area contributed by atoms with Crippen LogP contribution in [0.4, 0.5) is 0 Å². The molecule has 0 aromatic heterocycles. The summed E-state index contributed by atoms with van der Waals surface area (Å²) in [4.78, 5) is 39.9. The van der Waals surface area contributed by atoms with Gasteiger partial charge in [-0.25, -0.2) is 0 Å². The van der Waals surface area contributed by atoms with Crippen molar-refractivity contribution in [1.29, 1.82) is 0 Å². The molecule has 6 heteroatoms. The van der Waals surface area contributed by atoms with Crippen molar-refractivity contribution in [2.24, 2.45) is 29.1 Å². The Bertz CT molecular complexity index is 890. The van der Waals surface area contributed by atoms with Crippen molar-refractivity contribution >= 4 is 17.7 Å². The number of amides is 3. The maximum Gasteiger partial charge on any atom is 0.251 e. The molecule has 2 N–H and O–H groups in total. The molecule has 4 aliphatic carbocycles. The first-order valence-corrected chi connectivity index (χ1v) is 13.3. The molecule has 4 bridgehead atoms. The molecule has 5 fully saturated rings. The summed E-state index contributed by atoms with van der Waals surface area (Å²) < 4.78 is 0. The van der Waals surface area contributed by atoms with Crippen LogP contribution in [0.3, 0.4) is 0 Å². The van der Waals surface area contributed by atoms with E-state index < -0.39 is 0 Å². The molecule has 34 heavy (non-hydrogen) atoms. The fraction of sp³-hybridized carbons (Fsp3) is 0.679. The number of piperidine rings is 1. The molecule has 1 atom stereocenters. The number of rotatable bonds is 7. The number of likely N-dealkylation sites (tertiary alicyclic amines) is 1. The van der Waals surface area contributed by atoms with Crippen LogP contribution in [0, 0.1) is 29.1 Å². The molecule has 4 saturated carbocycles. The van der Waals surface area contributed by atoms with E-state index in [0.29, 0.717) is 31.0 Å². The minimum Gasteiger partial charge on any atom is -0.352 e. The van der Waals surface area contributed by atoms with Crippen LogP contribution < -0.4 is 10.6 Å². The van der Waals surface area contributed by atoms with Gasteiger partial charge in [-0.3, -0.25) is 14.4 Å². The van der Waals surface area contributed by atoms with Gasteiger partial charge in [0.1, 0.15) is 0 Å². The number of hydrogen-bond donors (Lipinski definition) is 2. The van der Waals surface area contributed by atoms with E-state index in [9.17, 15) is 14.4 Å². The van der Waals surface area contributed by atoms with Crippen LogP contribution in [0.15, 0.2) is 24.3 Å². The molecular weight excluding hydrogens is 426 g/mol. The van der Waals surface area contributed by atoms with Crippen molar-refractivity contribution in [3.8, 4) is 0 Å². The average molecular weight is 466 g/mol. The standard InChI is InChI=1S/C28H39N3O3/c1-19-3-2-10-31(18-19)25(32)8-9-29-26(33)24-6-4-20(5-7-24)17-30-27(34)28-14-21-11-22(15-28)13-23(12-21)16-28/h4-7,19,21-23H,2-3,8-18H2,1H3,(H,29,33)(H,30,34). The van der Waals surface area contributed by atoms with Crippen molar-refractivity contribution in [2.45, 2.75) is 71.3 Å². The molecule has 6 rings (SSSR count). The molecule has 3 amide bonds. The third-order valence-corrected chi connectivity index (χ3v) is 8.82. The van der Waals surface area contributed by atoms with E-state index in [1.165, 1.54) is 25.7 Å². The second-order valence-electron chi connectivity index (χ2n) is 11.7. The Morgan fingerprint density at radius 2 is 1.62 bits per heavy atom. The van der Waals surface area contributed by atoms with E-state index >= 15 is 0 Å². The number of nitrogens with zero attached hydrogens (tertiary/aromatic N) is 1. The lowest BCUT2D eigenvalue weighted by molar-refractivity contribution is -0.146. The summed E-state index contributed by atoms with van der Waals surface area (Å²) in [5.74, 6) is 3.03. The number of hydrogen-bond acceptors (Lipinski definition) is 3. The lowest BCUT2D eigenvalue weighted by Crippen LogP contribution is -2.53. The fourth-order valence-corrected chi connectivity index (χ4v) is 7.49. The van der Waals surface area contributed by atoms with Crippen molar-refractivity contribution in [3.63, 3.8) is 0 Å². The van der Waals surface area contributed by atoms with Gasteiger partial charge in [-0.1, -0.05) is 19.1 Å². The maximum atomic E-state index is 13.1. The van der Waals surface area contributed by atoms with Gasteiger partial charge in [0.05, 0.1) is 0 Å². The molecule has 0 radical (unpaired) electrons. The minimum absolute atomic E-state index is 0.122. The topological polar surface area (TPSA) is 78.5 Å². The first kappa shape index (κ1) is 23.4. The maximum absolute atomic E-state index is 13.1. The zero-order valence-electron chi connectivity index (χ0n) is 20.5. The highest BCUT2D eigenvalue weighted by molar-refractivity contribution is 5.94. The van der Waals surface area contributed by atoms with Gasteiger partial charge in [0.2, 0.25) is 11.8 Å². The van der Waals surface area contributed by atoms with Crippen LogP contribution in [0.25, 0.3) is 0 Å². The summed E-state index contributed by atoms with van der Waals surface area (Å²) in [5.41, 5.74) is 1.46. The molecule has 0 spiro atoms. The summed E-state index contributed by atoms with van der Waals surface area (Å²) in [6, 6.07) is 7.43. The van der Waals surface area contributed by atoms with Gasteiger partial charge in [0, 0.05) is 43.6 Å². The van der Waals surface area contributed by atoms with Crippen LogP contribution in [0.1, 0.15) is 80.6 Å². The molecule has 184 valence electrons. The van der Waals surface area contributed by atoms with Gasteiger partial charge < -0.3 is 15.5 Å². The SMILES string of the molecule is CC1CCCN(C(=O)CCNC(=O)c2ccc(CNC(=O)C34CC5CC(CC(C5)C3)C4)cc2)C1. The Labute approximate surface area is 203 Å². The fourth-order valence-electron chi connectivity index (χ4n) is 7.49. The number of carbonyl (C=O) groups excluding carboxylic acids is 3. The molecule has 1 unspecified atom stereocenters. The van der Waals surface area contributed by atoms with Crippen LogP contribution in [0.5, 0.6) is 0 Å². The number of carbonyl (C=O) groups is 3. The Balaban J connectivity index is 1.06. The van der Waals surface area contributed by atoms with E-state index in [4.69, 9.17) is 0 Å². The summed E-state index contributed by atoms with van der Waals surface area (Å²) >= 11 is 0. The third kappa shape index (κ3) is 5.01. The predicted octanol–water partition coefficient (Wildman–Crippen LogP) is 3.90. The largest absolute Gasteiger partial charge is 0.352 e. The molecule has 1 heterocycles. The second-order valence-corrected chi connectivity index (χ2v) is 11.7. The van der Waals surface area contributed by atoms with E-state index in [-0.39, 0.29) is 23.1 Å². The third-order valence-electron chi connectivity index (χ3n) is 8.82. The van der Waals surface area contributed by atoms with Gasteiger partial charge >= 0.3 is 0 Å². The second kappa shape index (κ2) is 9.71. The van der Waals surface area contributed by atoms with Crippen molar-refractivity contribution in [1.82, 2.24) is 15.5 Å². The highest BCUT2D eigenvalue weighted by atomic mass is 16.2. The Morgan fingerprint density at radius 1 is 0.971 bits per heavy atom. The minimum atomic E-state index is -0.163.